The van der Waals surface area contributed by atoms with Gasteiger partial charge in [-0.25, -0.2) is 8.78 Å². The molecule has 158 valence electrons. The molecule has 2 aromatic carbocycles. The first-order valence-electron chi connectivity index (χ1n) is 9.40. The van der Waals surface area contributed by atoms with Crippen LogP contribution in [-0.4, -0.2) is 45.8 Å². The Morgan fingerprint density at radius 1 is 1.17 bits per heavy atom. The summed E-state index contributed by atoms with van der Waals surface area (Å²) in [6, 6.07) is 12.1. The van der Waals surface area contributed by atoms with E-state index in [0.717, 1.165) is 30.9 Å². The number of nitrogens with zero attached hydrogens (tertiary/aromatic N) is 2. The average Bonchev–Trinajstić information content (AvgIpc) is 3.17. The summed E-state index contributed by atoms with van der Waals surface area (Å²) in [6.45, 7) is 2.12. The van der Waals surface area contributed by atoms with Gasteiger partial charge in [0.15, 0.2) is 5.96 Å². The second-order valence-electron chi connectivity index (χ2n) is 6.70. The van der Waals surface area contributed by atoms with Crippen molar-refractivity contribution in [3.05, 3.63) is 59.7 Å². The van der Waals surface area contributed by atoms with E-state index < -0.39 is 11.6 Å². The van der Waals surface area contributed by atoms with Crippen LogP contribution in [0.3, 0.4) is 0 Å². The number of para-hydroxylation sites is 2. The summed E-state index contributed by atoms with van der Waals surface area (Å²) in [7, 11) is 3.36. The molecule has 5 nitrogen and oxygen atoms in total. The van der Waals surface area contributed by atoms with Crippen molar-refractivity contribution < 1.29 is 13.5 Å². The van der Waals surface area contributed by atoms with E-state index in [2.05, 4.69) is 26.6 Å². The molecule has 1 saturated heterocycles. The number of methoxy groups -OCH3 is 1. The normalized spacial score (nSPS) is 16.3. The molecule has 1 aliphatic rings. The number of rotatable bonds is 6. The molecule has 0 bridgehead atoms. The van der Waals surface area contributed by atoms with Crippen LogP contribution in [0.2, 0.25) is 0 Å². The summed E-state index contributed by atoms with van der Waals surface area (Å²) in [5.74, 6) is 0.446. The Morgan fingerprint density at radius 3 is 2.59 bits per heavy atom. The second kappa shape index (κ2) is 11.2. The van der Waals surface area contributed by atoms with Crippen LogP contribution in [0.1, 0.15) is 12.0 Å². The minimum absolute atomic E-state index is 0. The third-order valence-electron chi connectivity index (χ3n) is 4.91. The summed E-state index contributed by atoms with van der Waals surface area (Å²) in [6.07, 6.45) is 1.21. The fourth-order valence-corrected chi connectivity index (χ4v) is 3.45. The van der Waals surface area contributed by atoms with E-state index in [1.54, 1.807) is 14.2 Å². The molecule has 1 aliphatic heterocycles. The highest BCUT2D eigenvalue weighted by atomic mass is 127. The monoisotopic (exact) mass is 516 g/mol. The van der Waals surface area contributed by atoms with Crippen LogP contribution in [0.25, 0.3) is 0 Å². The van der Waals surface area contributed by atoms with Gasteiger partial charge in [0.25, 0.3) is 0 Å². The van der Waals surface area contributed by atoms with Crippen LogP contribution in [0, 0.1) is 11.6 Å². The van der Waals surface area contributed by atoms with Gasteiger partial charge >= 0.3 is 0 Å². The van der Waals surface area contributed by atoms with Gasteiger partial charge in [0.1, 0.15) is 17.4 Å². The fraction of sp³-hybridized carbons (Fsp3) is 0.381. The van der Waals surface area contributed by atoms with Gasteiger partial charge in [-0.2, -0.15) is 0 Å². The molecule has 8 heteroatoms. The molecular weight excluding hydrogens is 489 g/mol. The highest BCUT2D eigenvalue weighted by Crippen LogP contribution is 2.30. The largest absolute Gasteiger partial charge is 0.495 e. The van der Waals surface area contributed by atoms with E-state index >= 15 is 0 Å². The zero-order valence-electron chi connectivity index (χ0n) is 16.6. The summed E-state index contributed by atoms with van der Waals surface area (Å²) in [4.78, 5) is 6.50. The number of guanidine groups is 1. The lowest BCUT2D eigenvalue weighted by molar-refractivity contribution is 0.415. The Bertz CT molecular complexity index is 814. The first-order valence-corrected chi connectivity index (χ1v) is 9.40. The SMILES string of the molecule is CN=C(NCCc1c(F)cccc1F)NC1CCN(c2ccccc2OC)C1.I. The van der Waals surface area contributed by atoms with E-state index in [9.17, 15) is 8.78 Å². The predicted octanol–water partition coefficient (Wildman–Crippen LogP) is 3.58. The third kappa shape index (κ3) is 5.94. The second-order valence-corrected chi connectivity index (χ2v) is 6.70. The number of hydrogen-bond donors (Lipinski definition) is 2. The van der Waals surface area contributed by atoms with Crippen molar-refractivity contribution in [2.24, 2.45) is 4.99 Å². The average molecular weight is 516 g/mol. The molecule has 0 radical (unpaired) electrons. The van der Waals surface area contributed by atoms with Gasteiger partial charge in [0.05, 0.1) is 12.8 Å². The zero-order chi connectivity index (χ0) is 19.9. The van der Waals surface area contributed by atoms with Crippen molar-refractivity contribution in [2.45, 2.75) is 18.9 Å². The molecule has 0 aromatic heterocycles. The maximum absolute atomic E-state index is 13.7. The van der Waals surface area contributed by atoms with Crippen LogP contribution in [0.4, 0.5) is 14.5 Å². The molecule has 29 heavy (non-hydrogen) atoms. The lowest BCUT2D eigenvalue weighted by Gasteiger charge is -2.22. The van der Waals surface area contributed by atoms with Gasteiger partial charge in [-0.15, -0.1) is 24.0 Å². The summed E-state index contributed by atoms with van der Waals surface area (Å²) in [5.41, 5.74) is 1.17. The van der Waals surface area contributed by atoms with Crippen molar-refractivity contribution in [2.75, 3.05) is 38.7 Å². The standard InChI is InChI=1S/C21H26F2N4O.HI/c1-24-21(25-12-10-16-17(22)6-5-7-18(16)23)26-15-11-13-27(14-15)19-8-3-4-9-20(19)28-2;/h3-9,15H,10-14H2,1-2H3,(H2,24,25,26);1H. The Balaban J connectivity index is 0.00000300. The molecule has 0 spiro atoms. The van der Waals surface area contributed by atoms with Gasteiger partial charge < -0.3 is 20.3 Å². The zero-order valence-corrected chi connectivity index (χ0v) is 19.0. The Hall–Kier alpha value is -2.10. The Morgan fingerprint density at radius 2 is 1.90 bits per heavy atom. The van der Waals surface area contributed by atoms with E-state index in [-0.39, 0.29) is 42.0 Å². The van der Waals surface area contributed by atoms with Crippen molar-refractivity contribution >= 4 is 35.6 Å². The van der Waals surface area contributed by atoms with Crippen molar-refractivity contribution in [1.82, 2.24) is 10.6 Å². The molecule has 3 rings (SSSR count). The number of ether oxygens (including phenoxy) is 1. The highest BCUT2D eigenvalue weighted by Gasteiger charge is 2.25. The quantitative estimate of drug-likeness (QED) is 0.350. The van der Waals surface area contributed by atoms with Gasteiger partial charge in [0, 0.05) is 38.3 Å². The molecule has 1 atom stereocenters. The number of benzene rings is 2. The number of nitrogens with one attached hydrogen (secondary N) is 2. The molecule has 0 amide bonds. The first-order chi connectivity index (χ1) is 13.6. The van der Waals surface area contributed by atoms with Crippen LogP contribution in [0.15, 0.2) is 47.5 Å². The molecule has 0 saturated carbocycles. The Kier molecular flexibility index (Phi) is 8.94. The number of hydrogen-bond acceptors (Lipinski definition) is 3. The van der Waals surface area contributed by atoms with Crippen LogP contribution >= 0.6 is 24.0 Å². The minimum atomic E-state index is -0.520. The summed E-state index contributed by atoms with van der Waals surface area (Å²) >= 11 is 0. The first kappa shape index (κ1) is 23.2. The summed E-state index contributed by atoms with van der Waals surface area (Å²) in [5, 5.41) is 6.53. The molecule has 1 fully saturated rings. The minimum Gasteiger partial charge on any atom is -0.495 e. The fourth-order valence-electron chi connectivity index (χ4n) is 3.45. The highest BCUT2D eigenvalue weighted by molar-refractivity contribution is 14.0. The Labute approximate surface area is 187 Å². The van der Waals surface area contributed by atoms with Crippen molar-refractivity contribution in [3.8, 4) is 5.75 Å². The smallest absolute Gasteiger partial charge is 0.191 e. The van der Waals surface area contributed by atoms with E-state index in [0.29, 0.717) is 12.5 Å². The van der Waals surface area contributed by atoms with Crippen LogP contribution < -0.4 is 20.3 Å². The number of anilines is 1. The lowest BCUT2D eigenvalue weighted by atomic mass is 10.1. The maximum Gasteiger partial charge on any atom is 0.191 e. The van der Waals surface area contributed by atoms with Crippen molar-refractivity contribution in [3.63, 3.8) is 0 Å². The van der Waals surface area contributed by atoms with Crippen molar-refractivity contribution in [1.29, 1.82) is 0 Å². The molecule has 0 aliphatic carbocycles. The predicted molar refractivity (Wildman–Crippen MR) is 124 cm³/mol. The van der Waals surface area contributed by atoms with E-state index in [1.165, 1.54) is 18.2 Å². The topological polar surface area (TPSA) is 48.9 Å². The van der Waals surface area contributed by atoms with Crippen LogP contribution in [-0.2, 0) is 6.42 Å². The molecular formula is C21H27F2IN4O. The van der Waals surface area contributed by atoms with E-state index in [1.807, 2.05) is 18.2 Å². The molecule has 2 aromatic rings. The molecule has 1 heterocycles. The lowest BCUT2D eigenvalue weighted by Crippen LogP contribution is -2.45. The third-order valence-corrected chi connectivity index (χ3v) is 4.91. The molecule has 2 N–H and O–H groups in total. The van der Waals surface area contributed by atoms with Crippen LogP contribution in [0.5, 0.6) is 5.75 Å². The van der Waals surface area contributed by atoms with Gasteiger partial charge in [-0.3, -0.25) is 4.99 Å². The van der Waals surface area contributed by atoms with Gasteiger partial charge in [0.2, 0.25) is 0 Å². The number of halogens is 3. The van der Waals surface area contributed by atoms with E-state index in [4.69, 9.17) is 4.74 Å². The van der Waals surface area contributed by atoms with Gasteiger partial charge in [-0.1, -0.05) is 18.2 Å². The summed E-state index contributed by atoms with van der Waals surface area (Å²) < 4.78 is 32.9. The maximum atomic E-state index is 13.7. The molecule has 1 unspecified atom stereocenters. The number of aliphatic imine (C=N–C) groups is 1. The van der Waals surface area contributed by atoms with Gasteiger partial charge in [-0.05, 0) is 37.1 Å².